The number of hydrogen-bond donors (Lipinski definition) is 0. The van der Waals surface area contributed by atoms with Crippen LogP contribution in [0.5, 0.6) is 0 Å². The first kappa shape index (κ1) is 17.3. The molecular formula is C24H22N2O. The van der Waals surface area contributed by atoms with Crippen molar-refractivity contribution in [3.05, 3.63) is 77.4 Å². The number of Topliss-reactive ketones (excluding diaryl/α,β-unsaturated/α-hetero) is 1. The van der Waals surface area contributed by atoms with Crippen molar-refractivity contribution in [3.63, 3.8) is 0 Å². The molecule has 3 aromatic carbocycles. The summed E-state index contributed by atoms with van der Waals surface area (Å²) in [5.74, 6) is 0.105. The zero-order valence-electron chi connectivity index (χ0n) is 15.5. The Morgan fingerprint density at radius 2 is 1.81 bits per heavy atom. The molecule has 3 heteroatoms. The number of ketones is 1. The lowest BCUT2D eigenvalue weighted by Crippen LogP contribution is -2.31. The standard InChI is InChI=1S/C24H22N2O/c1-17(27)19-10-8-18(9-11-19)15-21-5-4-14-26(21)24-13-12-20(16-25)22-6-2-3-7-23(22)24/h2-3,6-13,21H,4-5,14-15H2,1H3. The molecule has 0 radical (unpaired) electrons. The summed E-state index contributed by atoms with van der Waals surface area (Å²) in [5, 5.41) is 11.6. The summed E-state index contributed by atoms with van der Waals surface area (Å²) in [4.78, 5) is 14.0. The maximum absolute atomic E-state index is 11.5. The molecule has 3 nitrogen and oxygen atoms in total. The number of carbonyl (C=O) groups excluding carboxylic acids is 1. The highest BCUT2D eigenvalue weighted by Gasteiger charge is 2.26. The minimum Gasteiger partial charge on any atom is -0.368 e. The van der Waals surface area contributed by atoms with E-state index in [1.165, 1.54) is 17.7 Å². The molecule has 27 heavy (non-hydrogen) atoms. The third-order valence-electron chi connectivity index (χ3n) is 5.54. The van der Waals surface area contributed by atoms with E-state index in [9.17, 15) is 10.1 Å². The van der Waals surface area contributed by atoms with Crippen molar-refractivity contribution < 1.29 is 4.79 Å². The summed E-state index contributed by atoms with van der Waals surface area (Å²) in [6.45, 7) is 2.63. The largest absolute Gasteiger partial charge is 0.368 e. The van der Waals surface area contributed by atoms with Crippen LogP contribution in [-0.2, 0) is 6.42 Å². The minimum absolute atomic E-state index is 0.105. The van der Waals surface area contributed by atoms with Crippen LogP contribution >= 0.6 is 0 Å². The van der Waals surface area contributed by atoms with Crippen molar-refractivity contribution in [1.29, 1.82) is 5.26 Å². The van der Waals surface area contributed by atoms with Gasteiger partial charge in [-0.25, -0.2) is 0 Å². The average Bonchev–Trinajstić information content (AvgIpc) is 3.15. The number of rotatable bonds is 4. The van der Waals surface area contributed by atoms with E-state index in [-0.39, 0.29) is 5.78 Å². The number of nitrogens with zero attached hydrogens (tertiary/aromatic N) is 2. The molecule has 4 rings (SSSR count). The minimum atomic E-state index is 0.105. The first-order chi connectivity index (χ1) is 13.2. The fraction of sp³-hybridized carbons (Fsp3) is 0.250. The van der Waals surface area contributed by atoms with Gasteiger partial charge in [0.1, 0.15) is 0 Å². The molecule has 0 aliphatic carbocycles. The molecule has 1 fully saturated rings. The van der Waals surface area contributed by atoms with Gasteiger partial charge in [-0.3, -0.25) is 4.79 Å². The monoisotopic (exact) mass is 354 g/mol. The Kier molecular flexibility index (Phi) is 4.64. The fourth-order valence-corrected chi connectivity index (χ4v) is 4.14. The number of anilines is 1. The Hall–Kier alpha value is -3.12. The van der Waals surface area contributed by atoms with E-state index in [4.69, 9.17) is 0 Å². The van der Waals surface area contributed by atoms with E-state index in [1.54, 1.807) is 6.92 Å². The van der Waals surface area contributed by atoms with Crippen molar-refractivity contribution in [1.82, 2.24) is 0 Å². The van der Waals surface area contributed by atoms with Gasteiger partial charge in [0.15, 0.2) is 5.78 Å². The van der Waals surface area contributed by atoms with Gasteiger partial charge >= 0.3 is 0 Å². The second kappa shape index (κ2) is 7.25. The van der Waals surface area contributed by atoms with E-state index in [0.29, 0.717) is 6.04 Å². The van der Waals surface area contributed by atoms with Crippen molar-refractivity contribution in [3.8, 4) is 6.07 Å². The van der Waals surface area contributed by atoms with Gasteiger partial charge in [-0.15, -0.1) is 0 Å². The van der Waals surface area contributed by atoms with E-state index < -0.39 is 0 Å². The Morgan fingerprint density at radius 1 is 1.07 bits per heavy atom. The predicted octanol–water partition coefficient (Wildman–Crippen LogP) is 5.13. The molecule has 0 amide bonds. The van der Waals surface area contributed by atoms with Gasteiger partial charge in [0.2, 0.25) is 0 Å². The van der Waals surface area contributed by atoms with Gasteiger partial charge in [-0.05, 0) is 43.9 Å². The van der Waals surface area contributed by atoms with Crippen LogP contribution in [0.25, 0.3) is 10.8 Å². The summed E-state index contributed by atoms with van der Waals surface area (Å²) in [6, 6.07) is 22.9. The average molecular weight is 354 g/mol. The normalized spacial score (nSPS) is 16.4. The van der Waals surface area contributed by atoms with Crippen molar-refractivity contribution in [2.24, 2.45) is 0 Å². The highest BCUT2D eigenvalue weighted by Crippen LogP contribution is 2.34. The van der Waals surface area contributed by atoms with Gasteiger partial charge < -0.3 is 4.90 Å². The second-order valence-corrected chi connectivity index (χ2v) is 7.24. The molecule has 1 aliphatic heterocycles. The molecule has 0 bridgehead atoms. The maximum atomic E-state index is 11.5. The fourth-order valence-electron chi connectivity index (χ4n) is 4.14. The molecule has 0 spiro atoms. The first-order valence-electron chi connectivity index (χ1n) is 9.46. The van der Waals surface area contributed by atoms with Crippen molar-refractivity contribution >= 4 is 22.2 Å². The number of carbonyl (C=O) groups is 1. The van der Waals surface area contributed by atoms with Crippen LogP contribution in [-0.4, -0.2) is 18.4 Å². The molecular weight excluding hydrogens is 332 g/mol. The van der Waals surface area contributed by atoms with E-state index >= 15 is 0 Å². The predicted molar refractivity (Wildman–Crippen MR) is 109 cm³/mol. The molecule has 1 saturated heterocycles. The van der Waals surface area contributed by atoms with E-state index in [0.717, 1.165) is 41.3 Å². The second-order valence-electron chi connectivity index (χ2n) is 7.24. The van der Waals surface area contributed by atoms with Crippen LogP contribution in [0.3, 0.4) is 0 Å². The Labute approximate surface area is 159 Å². The van der Waals surface area contributed by atoms with E-state index in [2.05, 4.69) is 35.2 Å². The van der Waals surface area contributed by atoms with Gasteiger partial charge in [0, 0.05) is 34.6 Å². The third kappa shape index (κ3) is 3.31. The SMILES string of the molecule is CC(=O)c1ccc(CC2CCCN2c2ccc(C#N)c3ccccc23)cc1. The van der Waals surface area contributed by atoms with Crippen LogP contribution in [0.2, 0.25) is 0 Å². The molecule has 1 atom stereocenters. The zero-order chi connectivity index (χ0) is 18.8. The summed E-state index contributed by atoms with van der Waals surface area (Å²) in [6.07, 6.45) is 3.29. The topological polar surface area (TPSA) is 44.1 Å². The van der Waals surface area contributed by atoms with E-state index in [1.807, 2.05) is 36.4 Å². The number of benzene rings is 3. The van der Waals surface area contributed by atoms with Gasteiger partial charge in [-0.2, -0.15) is 5.26 Å². The van der Waals surface area contributed by atoms with Crippen LogP contribution in [0.1, 0.15) is 41.3 Å². The smallest absolute Gasteiger partial charge is 0.159 e. The lowest BCUT2D eigenvalue weighted by atomic mass is 9.99. The summed E-state index contributed by atoms with van der Waals surface area (Å²) < 4.78 is 0. The first-order valence-corrected chi connectivity index (χ1v) is 9.46. The van der Waals surface area contributed by atoms with Crippen LogP contribution in [0.4, 0.5) is 5.69 Å². The molecule has 0 saturated carbocycles. The zero-order valence-corrected chi connectivity index (χ0v) is 15.5. The summed E-state index contributed by atoms with van der Waals surface area (Å²) in [7, 11) is 0. The summed E-state index contributed by atoms with van der Waals surface area (Å²) in [5.41, 5.74) is 3.97. The third-order valence-corrected chi connectivity index (χ3v) is 5.54. The quantitative estimate of drug-likeness (QED) is 0.610. The number of nitriles is 1. The Balaban J connectivity index is 1.65. The molecule has 0 aromatic heterocycles. The number of hydrogen-bond acceptors (Lipinski definition) is 3. The molecule has 1 heterocycles. The Bertz CT molecular complexity index is 1030. The highest BCUT2D eigenvalue weighted by atomic mass is 16.1. The van der Waals surface area contributed by atoms with Gasteiger partial charge in [0.25, 0.3) is 0 Å². The van der Waals surface area contributed by atoms with Gasteiger partial charge in [0.05, 0.1) is 11.6 Å². The molecule has 3 aromatic rings. The van der Waals surface area contributed by atoms with Gasteiger partial charge in [-0.1, -0.05) is 48.5 Å². The highest BCUT2D eigenvalue weighted by molar-refractivity contribution is 5.98. The Morgan fingerprint density at radius 3 is 2.52 bits per heavy atom. The molecule has 1 unspecified atom stereocenters. The van der Waals surface area contributed by atoms with Crippen LogP contribution in [0, 0.1) is 11.3 Å². The van der Waals surface area contributed by atoms with Crippen molar-refractivity contribution in [2.75, 3.05) is 11.4 Å². The van der Waals surface area contributed by atoms with Crippen LogP contribution < -0.4 is 4.90 Å². The molecule has 0 N–H and O–H groups in total. The van der Waals surface area contributed by atoms with Crippen molar-refractivity contribution in [2.45, 2.75) is 32.2 Å². The summed E-state index contributed by atoms with van der Waals surface area (Å²) >= 11 is 0. The van der Waals surface area contributed by atoms with Crippen LogP contribution in [0.15, 0.2) is 60.7 Å². The lowest BCUT2D eigenvalue weighted by molar-refractivity contribution is 0.101. The lowest BCUT2D eigenvalue weighted by Gasteiger charge is -2.28. The number of fused-ring (bicyclic) bond motifs is 1. The maximum Gasteiger partial charge on any atom is 0.159 e. The molecule has 134 valence electrons. The molecule has 1 aliphatic rings.